The quantitative estimate of drug-likeness (QED) is 0.862. The predicted octanol–water partition coefficient (Wildman–Crippen LogP) is 0.902. The Morgan fingerprint density at radius 3 is 2.65 bits per heavy atom. The Hall–Kier alpha value is -1.57. The zero-order chi connectivity index (χ0) is 14.5. The number of likely N-dealkylation sites (tertiary alicyclic amines) is 1. The number of carboxylic acids is 1. The number of amides is 1. The highest BCUT2D eigenvalue weighted by Gasteiger charge is 2.27. The van der Waals surface area contributed by atoms with E-state index < -0.39 is 5.97 Å². The van der Waals surface area contributed by atoms with Gasteiger partial charge in [0, 0.05) is 19.0 Å². The molecule has 1 aromatic heterocycles. The van der Waals surface area contributed by atoms with Gasteiger partial charge >= 0.3 is 5.97 Å². The first-order valence-electron chi connectivity index (χ1n) is 6.44. The van der Waals surface area contributed by atoms with E-state index >= 15 is 0 Å². The fourth-order valence-electron chi connectivity index (χ4n) is 2.17. The summed E-state index contributed by atoms with van der Waals surface area (Å²) in [6, 6.07) is 0. The first-order valence-corrected chi connectivity index (χ1v) is 7.59. The van der Waals surface area contributed by atoms with E-state index in [1.807, 2.05) is 0 Å². The number of carbonyl (C=O) groups is 2. The van der Waals surface area contributed by atoms with Crippen LogP contribution < -0.4 is 0 Å². The van der Waals surface area contributed by atoms with E-state index in [-0.39, 0.29) is 23.3 Å². The molecule has 110 valence electrons. The normalized spacial score (nSPS) is 16.4. The zero-order valence-corrected chi connectivity index (χ0v) is 12.1. The van der Waals surface area contributed by atoms with Gasteiger partial charge in [-0.25, -0.2) is 0 Å². The topological polar surface area (TPSA) is 96.5 Å². The van der Waals surface area contributed by atoms with Gasteiger partial charge in [-0.2, -0.15) is 4.98 Å². The molecule has 1 N–H and O–H groups in total. The summed E-state index contributed by atoms with van der Waals surface area (Å²) in [5.41, 5.74) is 0. The van der Waals surface area contributed by atoms with E-state index in [0.717, 1.165) is 24.6 Å². The molecule has 0 atom stereocenters. The molecule has 0 saturated carbocycles. The zero-order valence-electron chi connectivity index (χ0n) is 11.2. The summed E-state index contributed by atoms with van der Waals surface area (Å²) in [6.45, 7) is 3.09. The van der Waals surface area contributed by atoms with Crippen molar-refractivity contribution in [1.29, 1.82) is 0 Å². The molecule has 1 saturated heterocycles. The number of aromatic nitrogens is 2. The van der Waals surface area contributed by atoms with Crippen molar-refractivity contribution in [1.82, 2.24) is 15.0 Å². The van der Waals surface area contributed by atoms with Crippen LogP contribution in [-0.2, 0) is 9.59 Å². The number of nitrogens with zero attached hydrogens (tertiary/aromatic N) is 3. The van der Waals surface area contributed by atoms with Crippen molar-refractivity contribution in [2.45, 2.75) is 25.7 Å². The average molecular weight is 299 g/mol. The lowest BCUT2D eigenvalue weighted by atomic mass is 9.97. The summed E-state index contributed by atoms with van der Waals surface area (Å²) >= 11 is 1.13. The molecule has 1 aromatic rings. The van der Waals surface area contributed by atoms with Crippen LogP contribution in [0.15, 0.2) is 4.52 Å². The molecule has 0 aliphatic carbocycles. The van der Waals surface area contributed by atoms with E-state index in [2.05, 4.69) is 10.1 Å². The molecule has 0 radical (unpaired) electrons. The molecule has 20 heavy (non-hydrogen) atoms. The van der Waals surface area contributed by atoms with Gasteiger partial charge in [-0.05, 0) is 19.8 Å². The van der Waals surface area contributed by atoms with Gasteiger partial charge in [0.15, 0.2) is 5.82 Å². The van der Waals surface area contributed by atoms with Crippen molar-refractivity contribution in [3.63, 3.8) is 0 Å². The van der Waals surface area contributed by atoms with Crippen LogP contribution in [0.5, 0.6) is 0 Å². The summed E-state index contributed by atoms with van der Waals surface area (Å²) in [5, 5.41) is 12.3. The summed E-state index contributed by atoms with van der Waals surface area (Å²) < 4.78 is 5.16. The molecule has 8 heteroatoms. The monoisotopic (exact) mass is 299 g/mol. The molecule has 0 spiro atoms. The first kappa shape index (κ1) is 14.8. The highest BCUT2D eigenvalue weighted by atomic mass is 32.2. The number of rotatable bonds is 5. The third kappa shape index (κ3) is 3.96. The second kappa shape index (κ2) is 6.74. The summed E-state index contributed by atoms with van der Waals surface area (Å²) in [5.74, 6) is 0.773. The molecular weight excluding hydrogens is 282 g/mol. The van der Waals surface area contributed by atoms with Crippen LogP contribution in [0.1, 0.15) is 30.5 Å². The maximum absolute atomic E-state index is 11.9. The van der Waals surface area contributed by atoms with E-state index in [1.165, 1.54) is 0 Å². The van der Waals surface area contributed by atoms with Gasteiger partial charge in [-0.1, -0.05) is 5.16 Å². The van der Waals surface area contributed by atoms with Crippen LogP contribution >= 0.6 is 11.8 Å². The molecule has 7 nitrogen and oxygen atoms in total. The molecule has 1 aliphatic heterocycles. The van der Waals surface area contributed by atoms with Gasteiger partial charge in [0.25, 0.3) is 0 Å². The predicted molar refractivity (Wildman–Crippen MR) is 72.6 cm³/mol. The third-order valence-electron chi connectivity index (χ3n) is 3.19. The number of thioether (sulfide) groups is 1. The molecule has 1 fully saturated rings. The van der Waals surface area contributed by atoms with Gasteiger partial charge in [0.2, 0.25) is 11.8 Å². The van der Waals surface area contributed by atoms with E-state index in [9.17, 15) is 9.59 Å². The molecule has 2 rings (SSSR count). The second-order valence-corrected chi connectivity index (χ2v) is 5.71. The largest absolute Gasteiger partial charge is 0.481 e. The number of piperidine rings is 1. The third-order valence-corrected chi connectivity index (χ3v) is 4.09. The van der Waals surface area contributed by atoms with Crippen molar-refractivity contribution >= 4 is 23.6 Å². The Bertz CT molecular complexity index is 483. The van der Waals surface area contributed by atoms with Crippen LogP contribution in [0.2, 0.25) is 0 Å². The lowest BCUT2D eigenvalue weighted by molar-refractivity contribution is -0.133. The van der Waals surface area contributed by atoms with Gasteiger partial charge in [-0.3, -0.25) is 9.59 Å². The van der Waals surface area contributed by atoms with Crippen LogP contribution in [0.3, 0.4) is 0 Å². The molecule has 0 aromatic carbocycles. The summed E-state index contributed by atoms with van der Waals surface area (Å²) in [6.07, 6.45) is 1.61. The molecule has 1 aliphatic rings. The number of hydrogen-bond acceptors (Lipinski definition) is 6. The molecular formula is C12H17N3O4S. The maximum Gasteiger partial charge on any atom is 0.313 e. The van der Waals surface area contributed by atoms with Crippen LogP contribution in [-0.4, -0.2) is 56.6 Å². The smallest absolute Gasteiger partial charge is 0.313 e. The maximum atomic E-state index is 11.9. The van der Waals surface area contributed by atoms with Crippen molar-refractivity contribution in [2.24, 2.45) is 0 Å². The average Bonchev–Trinajstić information content (AvgIpc) is 2.85. The van der Waals surface area contributed by atoms with Gasteiger partial charge < -0.3 is 14.5 Å². The lowest BCUT2D eigenvalue weighted by Gasteiger charge is -2.30. The molecule has 1 amide bonds. The second-order valence-electron chi connectivity index (χ2n) is 4.72. The standard InChI is InChI=1S/C12H17N3O4S/c1-8-13-12(19-14-8)9-2-4-15(5-3-9)10(16)6-20-7-11(17)18/h9H,2-7H2,1H3,(H,17,18). The SMILES string of the molecule is Cc1noc(C2CCN(C(=O)CSCC(=O)O)CC2)n1. The minimum absolute atomic E-state index is 0.00332. The Balaban J connectivity index is 1.76. The fraction of sp³-hybridized carbons (Fsp3) is 0.667. The van der Waals surface area contributed by atoms with Crippen molar-refractivity contribution in [3.8, 4) is 0 Å². The fourth-order valence-corrected chi connectivity index (χ4v) is 2.81. The minimum Gasteiger partial charge on any atom is -0.481 e. The number of carbonyl (C=O) groups excluding carboxylic acids is 1. The van der Waals surface area contributed by atoms with E-state index in [0.29, 0.717) is 24.8 Å². The first-order chi connectivity index (χ1) is 9.56. The Morgan fingerprint density at radius 2 is 2.10 bits per heavy atom. The molecule has 0 unspecified atom stereocenters. The van der Waals surface area contributed by atoms with Gasteiger partial charge in [0.1, 0.15) is 0 Å². The van der Waals surface area contributed by atoms with Crippen LogP contribution in [0, 0.1) is 6.92 Å². The Kier molecular flexibility index (Phi) is 4.99. The highest BCUT2D eigenvalue weighted by Crippen LogP contribution is 2.26. The van der Waals surface area contributed by atoms with Crippen LogP contribution in [0.4, 0.5) is 0 Å². The van der Waals surface area contributed by atoms with Crippen molar-refractivity contribution in [3.05, 3.63) is 11.7 Å². The number of hydrogen-bond donors (Lipinski definition) is 1. The number of carboxylic acid groups (broad SMARTS) is 1. The van der Waals surface area contributed by atoms with Crippen LogP contribution in [0.25, 0.3) is 0 Å². The Labute approximate surface area is 120 Å². The molecule has 2 heterocycles. The Morgan fingerprint density at radius 1 is 1.40 bits per heavy atom. The summed E-state index contributed by atoms with van der Waals surface area (Å²) in [4.78, 5) is 28.3. The van der Waals surface area contributed by atoms with Gasteiger partial charge in [0.05, 0.1) is 11.5 Å². The number of aliphatic carboxylic acids is 1. The van der Waals surface area contributed by atoms with E-state index in [4.69, 9.17) is 9.63 Å². The van der Waals surface area contributed by atoms with Crippen molar-refractivity contribution < 1.29 is 19.2 Å². The van der Waals surface area contributed by atoms with Gasteiger partial charge in [-0.15, -0.1) is 11.8 Å². The number of aryl methyl sites for hydroxylation is 1. The van der Waals surface area contributed by atoms with Crippen molar-refractivity contribution in [2.75, 3.05) is 24.6 Å². The van der Waals surface area contributed by atoms with E-state index in [1.54, 1.807) is 11.8 Å². The minimum atomic E-state index is -0.895. The summed E-state index contributed by atoms with van der Waals surface area (Å²) in [7, 11) is 0. The lowest BCUT2D eigenvalue weighted by Crippen LogP contribution is -2.39. The molecule has 0 bridgehead atoms. The highest BCUT2D eigenvalue weighted by molar-refractivity contribution is 8.00.